The maximum atomic E-state index is 12.0. The molecule has 4 N–H and O–H groups in total. The second kappa shape index (κ2) is 30.5. The summed E-state index contributed by atoms with van der Waals surface area (Å²) >= 11 is 0. The minimum atomic E-state index is -3.87. The molecule has 0 saturated heterocycles. The molecule has 0 aromatic carbocycles. The highest BCUT2D eigenvalue weighted by atomic mass is 19.3. The van der Waals surface area contributed by atoms with Crippen LogP contribution in [0.4, 0.5) is 62.5 Å². The second-order valence-corrected chi connectivity index (χ2v) is 9.94. The molecule has 1 rings (SSSR count). The Bertz CT molecular complexity index is 745. The monoisotopic (exact) mass is 746 g/mol. The van der Waals surface area contributed by atoms with Crippen LogP contribution in [0.15, 0.2) is 0 Å². The number of rotatable bonds is 15. The van der Waals surface area contributed by atoms with Crippen LogP contribution in [0.2, 0.25) is 0 Å². The highest BCUT2D eigenvalue weighted by molar-refractivity contribution is 5.68. The molecule has 0 aliphatic heterocycles. The molecule has 1 aliphatic rings. The summed E-state index contributed by atoms with van der Waals surface area (Å²) in [5.41, 5.74) is -0.338. The summed E-state index contributed by atoms with van der Waals surface area (Å²) in [4.78, 5) is 27.9. The Labute approximate surface area is 268 Å². The first-order chi connectivity index (χ1) is 22.3. The number of halogens is 12. The van der Waals surface area contributed by atoms with Crippen molar-refractivity contribution in [1.29, 1.82) is 0 Å². The minimum Gasteiger partial charge on any atom is -0.447 e. The first-order valence-electron chi connectivity index (χ1n) is 13.2. The zero-order valence-electron chi connectivity index (χ0n) is 26.2. The molecule has 1 saturated carbocycles. The van der Waals surface area contributed by atoms with Gasteiger partial charge in [-0.15, -0.1) is 0 Å². The van der Waals surface area contributed by atoms with E-state index in [2.05, 4.69) is 53.3 Å². The van der Waals surface area contributed by atoms with Crippen LogP contribution >= 0.6 is 0 Å². The van der Waals surface area contributed by atoms with Gasteiger partial charge < -0.3 is 30.3 Å². The van der Waals surface area contributed by atoms with Gasteiger partial charge in [-0.3, -0.25) is 9.47 Å². The van der Waals surface area contributed by atoms with E-state index in [0.29, 0.717) is 13.0 Å². The summed E-state index contributed by atoms with van der Waals surface area (Å²) in [7, 11) is 0. The molecule has 1 aliphatic carbocycles. The number of aliphatic hydroxyl groups is 2. The standard InChI is InChI=1S/C15H26F2N2O4.2C3H4F4O2.C2H5FO.CH3FO/c1-14(2)6-11(19-13(21)23-10-17)7-15(3,8-14)9-18-12(20)22-5-4-16;2*4-2-8-3(5,6)1-9-7;3-1-2-4;2-1-3/h11H,4-10H2,1-3H3,(H,18,20)(H,19,21);2*1-2H2;4H,1-2H2;3H,1H2. The van der Waals surface area contributed by atoms with Crippen molar-refractivity contribution in [2.75, 3.05) is 73.8 Å². The summed E-state index contributed by atoms with van der Waals surface area (Å²) < 4.78 is 149. The van der Waals surface area contributed by atoms with Gasteiger partial charge in [0.15, 0.2) is 33.8 Å². The van der Waals surface area contributed by atoms with E-state index in [4.69, 9.17) is 10.2 Å². The van der Waals surface area contributed by atoms with E-state index in [-0.39, 0.29) is 30.1 Å². The van der Waals surface area contributed by atoms with E-state index in [9.17, 15) is 62.5 Å². The molecular formula is C24H42F12N2O10. The number of ether oxygens (including phenoxy) is 4. The Hall–Kier alpha value is -2.54. The van der Waals surface area contributed by atoms with Gasteiger partial charge in [-0.1, -0.05) is 20.8 Å². The Morgan fingerprint density at radius 2 is 1.23 bits per heavy atom. The molecule has 0 radical (unpaired) electrons. The topological polar surface area (TPSA) is 154 Å². The number of amides is 2. The minimum absolute atomic E-state index is 0.0643. The summed E-state index contributed by atoms with van der Waals surface area (Å²) in [6.07, 6.45) is -7.01. The number of carbonyl (C=O) groups excluding carboxylic acids is 2. The Balaban J connectivity index is -0.000000317. The Morgan fingerprint density at radius 1 is 0.771 bits per heavy atom. The van der Waals surface area contributed by atoms with E-state index in [0.717, 1.165) is 12.8 Å². The lowest BCUT2D eigenvalue weighted by atomic mass is 9.62. The maximum absolute atomic E-state index is 12.0. The zero-order chi connectivity index (χ0) is 38.3. The molecule has 0 aromatic rings. The molecule has 48 heavy (non-hydrogen) atoms. The third kappa shape index (κ3) is 34.8. The summed E-state index contributed by atoms with van der Waals surface area (Å²) in [5, 5.41) is 19.7. The maximum Gasteiger partial charge on any atom is 0.409 e. The van der Waals surface area contributed by atoms with Crippen molar-refractivity contribution in [3.05, 3.63) is 0 Å². The number of hydrogen-bond donors (Lipinski definition) is 4. The van der Waals surface area contributed by atoms with Crippen molar-refractivity contribution < 1.29 is 102 Å². The van der Waals surface area contributed by atoms with E-state index in [1.165, 1.54) is 0 Å². The van der Waals surface area contributed by atoms with Crippen LogP contribution in [-0.2, 0) is 28.8 Å². The number of alkyl carbamates (subject to hydrolysis) is 2. The summed E-state index contributed by atoms with van der Waals surface area (Å²) in [5.74, 6) is 0. The average molecular weight is 747 g/mol. The zero-order valence-corrected chi connectivity index (χ0v) is 26.2. The molecule has 2 unspecified atom stereocenters. The molecule has 2 atom stereocenters. The van der Waals surface area contributed by atoms with Crippen molar-refractivity contribution in [1.82, 2.24) is 10.6 Å². The third-order valence-corrected chi connectivity index (χ3v) is 4.98. The first-order valence-corrected chi connectivity index (χ1v) is 13.2. The summed E-state index contributed by atoms with van der Waals surface area (Å²) in [6, 6.07) is -0.175. The first kappa shape index (κ1) is 52.3. The van der Waals surface area contributed by atoms with Crippen molar-refractivity contribution in [2.45, 2.75) is 58.3 Å². The lowest BCUT2D eigenvalue weighted by molar-refractivity contribution is -0.313. The lowest BCUT2D eigenvalue weighted by Crippen LogP contribution is -2.50. The van der Waals surface area contributed by atoms with E-state index in [1.54, 1.807) is 0 Å². The van der Waals surface area contributed by atoms with Gasteiger partial charge in [0, 0.05) is 12.6 Å². The number of nitrogens with one attached hydrogen (secondary N) is 2. The Morgan fingerprint density at radius 3 is 1.58 bits per heavy atom. The smallest absolute Gasteiger partial charge is 0.409 e. The van der Waals surface area contributed by atoms with E-state index in [1.807, 2.05) is 6.92 Å². The number of aliphatic hydroxyl groups excluding tert-OH is 2. The van der Waals surface area contributed by atoms with Crippen molar-refractivity contribution >= 4 is 12.2 Å². The van der Waals surface area contributed by atoms with Gasteiger partial charge >= 0.3 is 24.4 Å². The number of carbonyl (C=O) groups is 2. The molecule has 2 amide bonds. The van der Waals surface area contributed by atoms with Crippen LogP contribution in [0, 0.1) is 10.8 Å². The molecule has 12 nitrogen and oxygen atoms in total. The van der Waals surface area contributed by atoms with Gasteiger partial charge in [-0.2, -0.15) is 27.4 Å². The molecule has 0 heterocycles. The number of alkyl halides is 10. The Kier molecular flexibility index (Phi) is 33.2. The molecule has 0 spiro atoms. The largest absolute Gasteiger partial charge is 0.447 e. The summed E-state index contributed by atoms with van der Waals surface area (Å²) in [6.45, 7) is -4.41. The number of hydrogen-bond acceptors (Lipinski definition) is 10. The predicted molar refractivity (Wildman–Crippen MR) is 140 cm³/mol. The van der Waals surface area contributed by atoms with Crippen LogP contribution in [0.25, 0.3) is 0 Å². The van der Waals surface area contributed by atoms with Gasteiger partial charge in [0.1, 0.15) is 20.0 Å². The van der Waals surface area contributed by atoms with Crippen LogP contribution in [-0.4, -0.2) is 114 Å². The third-order valence-electron chi connectivity index (χ3n) is 4.98. The molecule has 1 fully saturated rings. The van der Waals surface area contributed by atoms with Crippen molar-refractivity contribution in [3.8, 4) is 0 Å². The van der Waals surface area contributed by atoms with Gasteiger partial charge in [-0.05, 0) is 39.1 Å². The SMILES string of the molecule is CC1(C)CC(NC(=O)OCF)CC(C)(CNC(=O)OCCF)C1.FCOC(F)(F)COF.FCOC(F)(F)COF.OCCF.OCF. The predicted octanol–water partition coefficient (Wildman–Crippen LogP) is 5.62. The molecule has 292 valence electrons. The molecule has 24 heteroatoms. The van der Waals surface area contributed by atoms with Gasteiger partial charge in [0.05, 0.1) is 6.61 Å². The molecular weight excluding hydrogens is 704 g/mol. The fraction of sp³-hybridized carbons (Fsp3) is 0.917. The van der Waals surface area contributed by atoms with Crippen molar-refractivity contribution in [2.24, 2.45) is 10.8 Å². The van der Waals surface area contributed by atoms with E-state index < -0.39 is 78.4 Å². The fourth-order valence-electron chi connectivity index (χ4n) is 3.97. The highest BCUT2D eigenvalue weighted by Gasteiger charge is 2.42. The molecule has 0 bridgehead atoms. The highest BCUT2D eigenvalue weighted by Crippen LogP contribution is 2.45. The second-order valence-electron chi connectivity index (χ2n) is 9.94. The van der Waals surface area contributed by atoms with Crippen LogP contribution in [0.1, 0.15) is 40.0 Å². The normalized spacial score (nSPS) is 18.1. The van der Waals surface area contributed by atoms with Gasteiger partial charge in [0.25, 0.3) is 0 Å². The fourth-order valence-corrected chi connectivity index (χ4v) is 3.97. The van der Waals surface area contributed by atoms with Crippen LogP contribution in [0.5, 0.6) is 0 Å². The van der Waals surface area contributed by atoms with Gasteiger partial charge in [0.2, 0.25) is 6.86 Å². The van der Waals surface area contributed by atoms with Crippen molar-refractivity contribution in [3.63, 3.8) is 0 Å². The van der Waals surface area contributed by atoms with Crippen LogP contribution in [0.3, 0.4) is 0 Å². The lowest BCUT2D eigenvalue weighted by Gasteiger charge is -2.46. The molecule has 0 aromatic heterocycles. The quantitative estimate of drug-likeness (QED) is 0.155. The van der Waals surface area contributed by atoms with Crippen LogP contribution < -0.4 is 10.6 Å². The van der Waals surface area contributed by atoms with Gasteiger partial charge in [-0.25, -0.2) is 35.9 Å². The van der Waals surface area contributed by atoms with E-state index >= 15 is 0 Å². The average Bonchev–Trinajstić information content (AvgIpc) is 2.95.